The first-order valence-electron chi connectivity index (χ1n) is 7.73. The first-order valence-corrected chi connectivity index (χ1v) is 7.73. The first kappa shape index (κ1) is 16.5. The van der Waals surface area contributed by atoms with Gasteiger partial charge in [0.25, 0.3) is 0 Å². The Bertz CT molecular complexity index is 542. The molecule has 1 aromatic rings. The number of hydrogen-bond donors (Lipinski definition) is 2. The highest BCUT2D eigenvalue weighted by Gasteiger charge is 2.47. The van der Waals surface area contributed by atoms with Crippen LogP contribution in [0.5, 0.6) is 0 Å². The highest BCUT2D eigenvalue weighted by atomic mass is 16.2. The molecule has 2 N–H and O–H groups in total. The van der Waals surface area contributed by atoms with Gasteiger partial charge in [-0.2, -0.15) is 0 Å². The fourth-order valence-corrected chi connectivity index (χ4v) is 2.43. The van der Waals surface area contributed by atoms with Gasteiger partial charge in [0.1, 0.15) is 0 Å². The van der Waals surface area contributed by atoms with Gasteiger partial charge >= 0.3 is 0 Å². The van der Waals surface area contributed by atoms with Crippen LogP contribution in [0.2, 0.25) is 0 Å². The maximum atomic E-state index is 12.1. The number of nitrogens with zero attached hydrogens (tertiary/aromatic N) is 1. The molecule has 2 atom stereocenters. The van der Waals surface area contributed by atoms with Crippen molar-refractivity contribution < 1.29 is 9.59 Å². The minimum Gasteiger partial charge on any atom is -0.355 e. The number of amides is 2. The van der Waals surface area contributed by atoms with E-state index in [0.29, 0.717) is 19.5 Å². The van der Waals surface area contributed by atoms with Gasteiger partial charge in [-0.3, -0.25) is 9.59 Å². The molecule has 0 spiro atoms. The number of benzene rings is 1. The van der Waals surface area contributed by atoms with Crippen molar-refractivity contribution in [1.29, 1.82) is 0 Å². The Balaban J connectivity index is 1.72. The lowest BCUT2D eigenvalue weighted by Crippen LogP contribution is -2.34. The molecule has 5 heteroatoms. The molecule has 1 aliphatic rings. The summed E-state index contributed by atoms with van der Waals surface area (Å²) in [7, 11) is 3.93. The van der Waals surface area contributed by atoms with Gasteiger partial charge in [-0.1, -0.05) is 24.3 Å². The molecule has 0 aliphatic heterocycles. The molecular weight excluding hydrogens is 278 g/mol. The van der Waals surface area contributed by atoms with Crippen molar-refractivity contribution in [3.05, 3.63) is 35.4 Å². The fourth-order valence-electron chi connectivity index (χ4n) is 2.43. The average Bonchev–Trinajstić information content (AvgIpc) is 3.26. The van der Waals surface area contributed by atoms with E-state index in [1.807, 2.05) is 50.2 Å². The predicted octanol–water partition coefficient (Wildman–Crippen LogP) is 0.925. The molecule has 0 saturated heterocycles. The second-order valence-corrected chi connectivity index (χ2v) is 6.19. The molecule has 2 rings (SSSR count). The van der Waals surface area contributed by atoms with Crippen molar-refractivity contribution in [3.63, 3.8) is 0 Å². The number of aryl methyl sites for hydroxylation is 1. The first-order chi connectivity index (χ1) is 10.5. The Hall–Kier alpha value is -1.88. The molecule has 1 saturated carbocycles. The third-order valence-electron chi connectivity index (χ3n) is 4.04. The minimum atomic E-state index is -0.164. The molecule has 5 nitrogen and oxygen atoms in total. The lowest BCUT2D eigenvalue weighted by molar-refractivity contribution is -0.127. The van der Waals surface area contributed by atoms with Crippen LogP contribution in [-0.2, 0) is 16.1 Å². The van der Waals surface area contributed by atoms with Crippen LogP contribution in [0.4, 0.5) is 0 Å². The smallest absolute Gasteiger partial charge is 0.224 e. The number of nitrogens with one attached hydrogen (secondary N) is 2. The van der Waals surface area contributed by atoms with Gasteiger partial charge in [-0.15, -0.1) is 0 Å². The van der Waals surface area contributed by atoms with E-state index in [-0.39, 0.29) is 23.7 Å². The Morgan fingerprint density at radius 3 is 2.41 bits per heavy atom. The number of likely N-dealkylation sites (N-methyl/N-ethyl adjacent to an activating group) is 1. The lowest BCUT2D eigenvalue weighted by Gasteiger charge is -2.10. The van der Waals surface area contributed by atoms with Crippen LogP contribution in [-0.4, -0.2) is 43.9 Å². The van der Waals surface area contributed by atoms with Crippen molar-refractivity contribution in [2.75, 3.05) is 27.2 Å². The van der Waals surface area contributed by atoms with Gasteiger partial charge in [0.05, 0.1) is 11.8 Å². The third-order valence-corrected chi connectivity index (χ3v) is 4.04. The van der Waals surface area contributed by atoms with Crippen LogP contribution in [0.1, 0.15) is 17.5 Å². The van der Waals surface area contributed by atoms with E-state index in [1.165, 1.54) is 0 Å². The molecule has 2 amide bonds. The Morgan fingerprint density at radius 1 is 1.14 bits per heavy atom. The maximum absolute atomic E-state index is 12.1. The van der Waals surface area contributed by atoms with Crippen LogP contribution in [0.15, 0.2) is 24.3 Å². The van der Waals surface area contributed by atoms with Gasteiger partial charge < -0.3 is 15.5 Å². The molecule has 22 heavy (non-hydrogen) atoms. The standard InChI is InChI=1S/C17H25N3O2/c1-12-6-4-5-7-13(12)11-19-17(22)15-10-14(15)16(21)18-8-9-20(2)3/h4-7,14-15H,8-11H2,1-3H3,(H,18,21)(H,19,22). The average molecular weight is 303 g/mol. The van der Waals surface area contributed by atoms with Crippen LogP contribution in [0, 0.1) is 18.8 Å². The zero-order chi connectivity index (χ0) is 16.1. The normalized spacial score (nSPS) is 19.8. The van der Waals surface area contributed by atoms with E-state index in [2.05, 4.69) is 10.6 Å². The van der Waals surface area contributed by atoms with E-state index in [9.17, 15) is 9.59 Å². The molecule has 2 unspecified atom stereocenters. The van der Waals surface area contributed by atoms with Gasteiger partial charge in [-0.25, -0.2) is 0 Å². The molecule has 1 aromatic carbocycles. The summed E-state index contributed by atoms with van der Waals surface area (Å²) in [6, 6.07) is 7.98. The zero-order valence-corrected chi connectivity index (χ0v) is 13.6. The molecule has 120 valence electrons. The Morgan fingerprint density at radius 2 is 1.77 bits per heavy atom. The van der Waals surface area contributed by atoms with Gasteiger partial charge in [-0.05, 0) is 38.6 Å². The Kier molecular flexibility index (Phi) is 5.55. The molecule has 0 aromatic heterocycles. The quantitative estimate of drug-likeness (QED) is 0.787. The lowest BCUT2D eigenvalue weighted by atomic mass is 10.1. The number of rotatable bonds is 7. The molecular formula is C17H25N3O2. The van der Waals surface area contributed by atoms with E-state index in [4.69, 9.17) is 0 Å². The van der Waals surface area contributed by atoms with Crippen LogP contribution in [0.25, 0.3) is 0 Å². The van der Waals surface area contributed by atoms with E-state index in [1.54, 1.807) is 0 Å². The van der Waals surface area contributed by atoms with Crippen LogP contribution in [0.3, 0.4) is 0 Å². The summed E-state index contributed by atoms with van der Waals surface area (Å²) in [5.41, 5.74) is 2.28. The summed E-state index contributed by atoms with van der Waals surface area (Å²) in [4.78, 5) is 26.0. The molecule has 0 bridgehead atoms. The SMILES string of the molecule is Cc1ccccc1CNC(=O)C1CC1C(=O)NCCN(C)C. The zero-order valence-electron chi connectivity index (χ0n) is 13.6. The molecule has 0 radical (unpaired) electrons. The second-order valence-electron chi connectivity index (χ2n) is 6.19. The van der Waals surface area contributed by atoms with Crippen molar-refractivity contribution >= 4 is 11.8 Å². The van der Waals surface area contributed by atoms with E-state index >= 15 is 0 Å². The summed E-state index contributed by atoms with van der Waals surface area (Å²) in [5.74, 6) is -0.337. The largest absolute Gasteiger partial charge is 0.355 e. The minimum absolute atomic E-state index is 0.00195. The van der Waals surface area contributed by atoms with Crippen molar-refractivity contribution in [2.45, 2.75) is 19.9 Å². The number of hydrogen-bond acceptors (Lipinski definition) is 3. The van der Waals surface area contributed by atoms with Gasteiger partial charge in [0.15, 0.2) is 0 Å². The molecule has 1 aliphatic carbocycles. The highest BCUT2D eigenvalue weighted by molar-refractivity contribution is 5.92. The van der Waals surface area contributed by atoms with Crippen molar-refractivity contribution in [1.82, 2.24) is 15.5 Å². The predicted molar refractivity (Wildman–Crippen MR) is 86.2 cm³/mol. The topological polar surface area (TPSA) is 61.4 Å². The molecule has 1 fully saturated rings. The summed E-state index contributed by atoms with van der Waals surface area (Å²) >= 11 is 0. The Labute approximate surface area is 132 Å². The highest BCUT2D eigenvalue weighted by Crippen LogP contribution is 2.38. The summed E-state index contributed by atoms with van der Waals surface area (Å²) in [6.07, 6.45) is 0.660. The summed E-state index contributed by atoms with van der Waals surface area (Å²) in [5, 5.41) is 5.82. The third kappa shape index (κ3) is 4.56. The van der Waals surface area contributed by atoms with Gasteiger partial charge in [0, 0.05) is 19.6 Å². The van der Waals surface area contributed by atoms with Crippen molar-refractivity contribution in [3.8, 4) is 0 Å². The molecule has 0 heterocycles. The van der Waals surface area contributed by atoms with E-state index in [0.717, 1.165) is 17.7 Å². The second kappa shape index (κ2) is 7.40. The van der Waals surface area contributed by atoms with Crippen LogP contribution >= 0.6 is 0 Å². The van der Waals surface area contributed by atoms with Crippen LogP contribution < -0.4 is 10.6 Å². The van der Waals surface area contributed by atoms with Crippen molar-refractivity contribution in [2.24, 2.45) is 11.8 Å². The monoisotopic (exact) mass is 303 g/mol. The maximum Gasteiger partial charge on any atom is 0.224 e. The summed E-state index contributed by atoms with van der Waals surface area (Å²) < 4.78 is 0. The van der Waals surface area contributed by atoms with E-state index < -0.39 is 0 Å². The number of carbonyl (C=O) groups is 2. The van der Waals surface area contributed by atoms with Gasteiger partial charge in [0.2, 0.25) is 11.8 Å². The fraction of sp³-hybridized carbons (Fsp3) is 0.529. The summed E-state index contributed by atoms with van der Waals surface area (Å²) in [6.45, 7) is 3.99. The number of carbonyl (C=O) groups excluding carboxylic acids is 2.